The average molecular weight is 463 g/mol. The maximum absolute atomic E-state index is 13.2. The van der Waals surface area contributed by atoms with Crippen LogP contribution in [0.5, 0.6) is 11.5 Å². The van der Waals surface area contributed by atoms with Gasteiger partial charge in [-0.3, -0.25) is 14.3 Å². The molecule has 0 spiro atoms. The number of thioether (sulfide) groups is 1. The van der Waals surface area contributed by atoms with Crippen LogP contribution >= 0.6 is 11.8 Å². The van der Waals surface area contributed by atoms with Crippen molar-refractivity contribution in [2.45, 2.75) is 30.5 Å². The normalized spacial score (nSPS) is 14.5. The van der Waals surface area contributed by atoms with Gasteiger partial charge in [0.1, 0.15) is 13.2 Å². The van der Waals surface area contributed by atoms with Crippen molar-refractivity contribution in [3.63, 3.8) is 0 Å². The molecule has 168 valence electrons. The number of fused-ring (bicyclic) bond motifs is 1. The molecule has 0 radical (unpaired) electrons. The lowest BCUT2D eigenvalue weighted by Gasteiger charge is -2.24. The lowest BCUT2D eigenvalue weighted by molar-refractivity contribution is -0.116. The second-order valence-corrected chi connectivity index (χ2v) is 8.66. The number of amides is 1. The number of anilines is 1. The monoisotopic (exact) mass is 462 g/mol. The third kappa shape index (κ3) is 4.64. The Kier molecular flexibility index (Phi) is 6.13. The first-order valence-electron chi connectivity index (χ1n) is 10.8. The van der Waals surface area contributed by atoms with Gasteiger partial charge in [0.2, 0.25) is 5.91 Å². The Morgan fingerprint density at radius 3 is 2.70 bits per heavy atom. The van der Waals surface area contributed by atoms with Crippen LogP contribution in [0.4, 0.5) is 5.69 Å². The van der Waals surface area contributed by atoms with Crippen molar-refractivity contribution in [1.82, 2.24) is 19.7 Å². The summed E-state index contributed by atoms with van der Waals surface area (Å²) in [5, 5.41) is 18.6. The highest BCUT2D eigenvalue weighted by Crippen LogP contribution is 2.41. The molecule has 5 rings (SSSR count). The summed E-state index contributed by atoms with van der Waals surface area (Å²) in [5.41, 5.74) is 1.63. The molecule has 3 aromatic rings. The highest BCUT2D eigenvalue weighted by Gasteiger charge is 2.31. The van der Waals surface area contributed by atoms with Gasteiger partial charge in [-0.1, -0.05) is 11.8 Å². The van der Waals surface area contributed by atoms with Gasteiger partial charge in [-0.05, 0) is 37.1 Å². The highest BCUT2D eigenvalue weighted by atomic mass is 32.2. The fourth-order valence-electron chi connectivity index (χ4n) is 3.70. The molecule has 3 heterocycles. The van der Waals surface area contributed by atoms with E-state index in [0.717, 1.165) is 29.4 Å². The van der Waals surface area contributed by atoms with Crippen molar-refractivity contribution in [2.24, 2.45) is 0 Å². The summed E-state index contributed by atoms with van der Waals surface area (Å²) in [4.78, 5) is 18.9. The van der Waals surface area contributed by atoms with E-state index in [1.807, 2.05) is 18.2 Å². The molecule has 1 amide bonds. The molecule has 1 aliphatic carbocycles. The molecule has 9 nitrogen and oxygen atoms in total. The summed E-state index contributed by atoms with van der Waals surface area (Å²) >= 11 is 1.37. The van der Waals surface area contributed by atoms with Crippen molar-refractivity contribution in [3.05, 3.63) is 42.7 Å². The Labute approximate surface area is 195 Å². The molecule has 1 aromatic carbocycles. The van der Waals surface area contributed by atoms with Crippen LogP contribution < -0.4 is 14.4 Å². The Bertz CT molecular complexity index is 1190. The van der Waals surface area contributed by atoms with E-state index in [9.17, 15) is 4.79 Å². The predicted molar refractivity (Wildman–Crippen MR) is 122 cm³/mol. The van der Waals surface area contributed by atoms with Crippen molar-refractivity contribution in [1.29, 1.82) is 5.26 Å². The number of ether oxygens (including phenoxy) is 2. The Morgan fingerprint density at radius 2 is 1.94 bits per heavy atom. The second-order valence-electron chi connectivity index (χ2n) is 7.71. The van der Waals surface area contributed by atoms with Gasteiger partial charge in [0.25, 0.3) is 0 Å². The molecule has 1 fully saturated rings. The molecular formula is C23H22N6O3S. The van der Waals surface area contributed by atoms with E-state index in [-0.39, 0.29) is 18.1 Å². The number of benzene rings is 1. The molecule has 0 unspecified atom stereocenters. The van der Waals surface area contributed by atoms with Gasteiger partial charge in [-0.2, -0.15) is 5.26 Å². The molecule has 1 saturated carbocycles. The average Bonchev–Trinajstić information content (AvgIpc) is 3.62. The highest BCUT2D eigenvalue weighted by molar-refractivity contribution is 7.99. The van der Waals surface area contributed by atoms with Crippen LogP contribution in [0.15, 0.2) is 47.9 Å². The third-order valence-electron chi connectivity index (χ3n) is 5.43. The zero-order chi connectivity index (χ0) is 22.6. The van der Waals surface area contributed by atoms with E-state index in [4.69, 9.17) is 14.7 Å². The molecule has 0 bridgehead atoms. The van der Waals surface area contributed by atoms with E-state index in [0.29, 0.717) is 43.0 Å². The quantitative estimate of drug-likeness (QED) is 0.469. The van der Waals surface area contributed by atoms with Crippen molar-refractivity contribution >= 4 is 23.4 Å². The smallest absolute Gasteiger partial charge is 0.237 e. The molecule has 10 heteroatoms. The van der Waals surface area contributed by atoms with Crippen LogP contribution in [0.25, 0.3) is 11.4 Å². The topological polar surface area (TPSA) is 106 Å². The van der Waals surface area contributed by atoms with Crippen molar-refractivity contribution in [3.8, 4) is 29.0 Å². The fourth-order valence-corrected chi connectivity index (χ4v) is 4.58. The fraction of sp³-hybridized carbons (Fsp3) is 0.348. The molecule has 2 aliphatic rings. The minimum absolute atomic E-state index is 0.109. The van der Waals surface area contributed by atoms with Gasteiger partial charge in [0, 0.05) is 42.3 Å². The lowest BCUT2D eigenvalue weighted by Crippen LogP contribution is -2.33. The number of carbonyl (C=O) groups excluding carboxylic acids is 1. The molecule has 0 atom stereocenters. The van der Waals surface area contributed by atoms with Gasteiger partial charge in [-0.15, -0.1) is 10.2 Å². The number of hydrogen-bond donors (Lipinski definition) is 0. The van der Waals surface area contributed by atoms with Crippen molar-refractivity contribution in [2.75, 3.05) is 30.4 Å². The number of nitriles is 1. The van der Waals surface area contributed by atoms with Gasteiger partial charge >= 0.3 is 0 Å². The van der Waals surface area contributed by atoms with E-state index in [1.54, 1.807) is 29.4 Å². The molecular weight excluding hydrogens is 440 g/mol. The first-order chi connectivity index (χ1) is 16.2. The summed E-state index contributed by atoms with van der Waals surface area (Å²) < 4.78 is 13.4. The summed E-state index contributed by atoms with van der Waals surface area (Å²) in [6.45, 7) is 1.27. The summed E-state index contributed by atoms with van der Waals surface area (Å²) in [6.07, 6.45) is 5.84. The largest absolute Gasteiger partial charge is 0.486 e. The minimum Gasteiger partial charge on any atom is -0.486 e. The summed E-state index contributed by atoms with van der Waals surface area (Å²) in [6, 6.07) is 11.7. The maximum atomic E-state index is 13.2. The van der Waals surface area contributed by atoms with Gasteiger partial charge < -0.3 is 14.4 Å². The molecule has 0 N–H and O–H groups in total. The van der Waals surface area contributed by atoms with E-state index >= 15 is 0 Å². The maximum Gasteiger partial charge on any atom is 0.237 e. The summed E-state index contributed by atoms with van der Waals surface area (Å²) in [5.74, 6) is 2.14. The second kappa shape index (κ2) is 9.50. The molecule has 0 saturated heterocycles. The lowest BCUT2D eigenvalue weighted by atomic mass is 10.2. The van der Waals surface area contributed by atoms with Gasteiger partial charge in [-0.25, -0.2) is 0 Å². The number of aromatic nitrogens is 4. The van der Waals surface area contributed by atoms with Crippen LogP contribution in [0.3, 0.4) is 0 Å². The van der Waals surface area contributed by atoms with Crippen LogP contribution in [0, 0.1) is 11.3 Å². The Morgan fingerprint density at radius 1 is 1.15 bits per heavy atom. The van der Waals surface area contributed by atoms with Crippen molar-refractivity contribution < 1.29 is 14.3 Å². The Balaban J connectivity index is 1.35. The van der Waals surface area contributed by atoms with E-state index in [2.05, 4.69) is 25.8 Å². The number of nitrogens with zero attached hydrogens (tertiary/aromatic N) is 6. The number of carbonyl (C=O) groups is 1. The predicted octanol–water partition coefficient (Wildman–Crippen LogP) is 3.49. The zero-order valence-corrected chi connectivity index (χ0v) is 18.7. The molecule has 1 aliphatic heterocycles. The first kappa shape index (κ1) is 21.3. The first-order valence-corrected chi connectivity index (χ1v) is 11.8. The van der Waals surface area contributed by atoms with Crippen LogP contribution in [0.2, 0.25) is 0 Å². The Hall–Kier alpha value is -3.58. The van der Waals surface area contributed by atoms with Gasteiger partial charge in [0.05, 0.1) is 18.2 Å². The molecule has 33 heavy (non-hydrogen) atoms. The standard InChI is InChI=1S/C23H22N6O3S/c24-8-1-11-28(18-4-5-19-20(14-18)32-13-12-31-19)21(30)15-33-23-27-26-22(29(23)17-2-3-17)16-6-9-25-10-7-16/h4-7,9-10,14,17H,1-3,11-13,15H2. The number of pyridine rings is 1. The van der Waals surface area contributed by atoms with Crippen LogP contribution in [-0.4, -0.2) is 51.2 Å². The minimum atomic E-state index is -0.109. The van der Waals surface area contributed by atoms with Crippen LogP contribution in [-0.2, 0) is 4.79 Å². The SMILES string of the molecule is N#CCCN(C(=O)CSc1nnc(-c2ccncc2)n1C1CC1)c1ccc2c(c1)OCCO2. The van der Waals surface area contributed by atoms with E-state index < -0.39 is 0 Å². The van der Waals surface area contributed by atoms with E-state index in [1.165, 1.54) is 11.8 Å². The zero-order valence-electron chi connectivity index (χ0n) is 17.9. The summed E-state index contributed by atoms with van der Waals surface area (Å²) in [7, 11) is 0. The third-order valence-corrected chi connectivity index (χ3v) is 6.35. The molecule has 2 aromatic heterocycles. The number of rotatable bonds is 8. The van der Waals surface area contributed by atoms with Gasteiger partial charge in [0.15, 0.2) is 22.5 Å². The van der Waals surface area contributed by atoms with Crippen LogP contribution in [0.1, 0.15) is 25.3 Å². The number of hydrogen-bond acceptors (Lipinski definition) is 8.